The molecular formula is C48H61NP2. The van der Waals surface area contributed by atoms with Crippen molar-refractivity contribution in [3.8, 4) is 11.1 Å². The molecule has 0 bridgehead atoms. The van der Waals surface area contributed by atoms with Gasteiger partial charge in [0.15, 0.2) is 0 Å². The molecule has 0 N–H and O–H groups in total. The van der Waals surface area contributed by atoms with Crippen molar-refractivity contribution >= 4 is 43.5 Å². The minimum absolute atomic E-state index is 0.104. The Balaban J connectivity index is 1.13. The zero-order valence-corrected chi connectivity index (χ0v) is 32.9. The predicted molar refractivity (Wildman–Crippen MR) is 227 cm³/mol. The lowest BCUT2D eigenvalue weighted by molar-refractivity contribution is 0.487. The van der Waals surface area contributed by atoms with Crippen LogP contribution in [0.5, 0.6) is 0 Å². The molecule has 0 amide bonds. The van der Waals surface area contributed by atoms with Gasteiger partial charge in [0.25, 0.3) is 0 Å². The SMILES string of the molecule is c1ccc(-c2ccc(N(c3ccc(P(C4CCCCC4)C4CCCCC4)cc3)c3ccc(P(C4CCCCC4)C4CCCCC4)cc3)cc2)cc1. The zero-order chi connectivity index (χ0) is 34.2. The van der Waals surface area contributed by atoms with Crippen LogP contribution in [-0.4, -0.2) is 22.6 Å². The monoisotopic (exact) mass is 713 g/mol. The van der Waals surface area contributed by atoms with E-state index in [2.05, 4.69) is 108 Å². The van der Waals surface area contributed by atoms with Gasteiger partial charge in [0.2, 0.25) is 0 Å². The first kappa shape index (κ1) is 35.6. The first-order valence-corrected chi connectivity index (χ1v) is 24.0. The summed E-state index contributed by atoms with van der Waals surface area (Å²) in [7, 11) is -0.207. The summed E-state index contributed by atoms with van der Waals surface area (Å²) in [5.74, 6) is 0. The fourth-order valence-corrected chi connectivity index (χ4v) is 17.9. The van der Waals surface area contributed by atoms with Crippen molar-refractivity contribution in [3.63, 3.8) is 0 Å². The second kappa shape index (κ2) is 17.6. The molecule has 1 nitrogen and oxygen atoms in total. The van der Waals surface area contributed by atoms with Crippen molar-refractivity contribution in [1.82, 2.24) is 0 Å². The first-order chi connectivity index (χ1) is 25.3. The zero-order valence-electron chi connectivity index (χ0n) is 31.1. The number of hydrogen-bond acceptors (Lipinski definition) is 1. The molecule has 0 radical (unpaired) electrons. The van der Waals surface area contributed by atoms with Crippen molar-refractivity contribution in [2.24, 2.45) is 0 Å². The van der Waals surface area contributed by atoms with Gasteiger partial charge in [-0.15, -0.1) is 0 Å². The molecule has 0 atom stereocenters. The average Bonchev–Trinajstić information content (AvgIpc) is 3.22. The van der Waals surface area contributed by atoms with E-state index in [1.165, 1.54) is 157 Å². The van der Waals surface area contributed by atoms with E-state index in [-0.39, 0.29) is 15.8 Å². The standard InChI is InChI=1S/C48H61NP2/c1-6-16-38(17-7-1)39-26-28-40(29-27-39)49(41-30-34-47(35-31-41)50(43-18-8-2-9-19-43)44-20-10-3-11-21-44)42-32-36-48(37-33-42)51(45-22-12-4-13-23-45)46-24-14-5-15-25-46/h1,6-7,16-17,26-37,43-46H,2-5,8-15,18-25H2. The Kier molecular flexibility index (Phi) is 12.3. The van der Waals surface area contributed by atoms with Gasteiger partial charge in [0.1, 0.15) is 0 Å². The van der Waals surface area contributed by atoms with E-state index in [0.717, 1.165) is 22.6 Å². The summed E-state index contributed by atoms with van der Waals surface area (Å²) in [5, 5.41) is 3.35. The summed E-state index contributed by atoms with van der Waals surface area (Å²) in [6.07, 6.45) is 29.0. The maximum absolute atomic E-state index is 2.56. The van der Waals surface area contributed by atoms with Crippen LogP contribution in [0, 0.1) is 0 Å². The van der Waals surface area contributed by atoms with Crippen LogP contribution in [0.4, 0.5) is 17.1 Å². The molecule has 8 rings (SSSR count). The van der Waals surface area contributed by atoms with Gasteiger partial charge in [-0.1, -0.05) is 160 Å². The van der Waals surface area contributed by atoms with Gasteiger partial charge >= 0.3 is 0 Å². The van der Waals surface area contributed by atoms with Gasteiger partial charge in [0.05, 0.1) is 0 Å². The van der Waals surface area contributed by atoms with E-state index < -0.39 is 0 Å². The predicted octanol–water partition coefficient (Wildman–Crippen LogP) is 14.4. The van der Waals surface area contributed by atoms with E-state index in [9.17, 15) is 0 Å². The topological polar surface area (TPSA) is 3.24 Å². The first-order valence-electron chi connectivity index (χ1n) is 21.0. The fourth-order valence-electron chi connectivity index (χ4n) is 10.3. The number of benzene rings is 4. The fraction of sp³-hybridized carbons (Fsp3) is 0.500. The lowest BCUT2D eigenvalue weighted by Gasteiger charge is -2.39. The Morgan fingerprint density at radius 3 is 0.941 bits per heavy atom. The second-order valence-corrected chi connectivity index (χ2v) is 21.8. The molecule has 0 unspecified atom stereocenters. The van der Waals surface area contributed by atoms with Crippen LogP contribution in [0.1, 0.15) is 128 Å². The highest BCUT2D eigenvalue weighted by Gasteiger charge is 2.34. The second-order valence-electron chi connectivity index (χ2n) is 16.3. The minimum Gasteiger partial charge on any atom is -0.311 e. The molecule has 268 valence electrons. The van der Waals surface area contributed by atoms with Crippen molar-refractivity contribution in [2.45, 2.75) is 151 Å². The summed E-state index contributed by atoms with van der Waals surface area (Å²) < 4.78 is 0. The molecule has 4 aliphatic carbocycles. The minimum atomic E-state index is -0.104. The summed E-state index contributed by atoms with van der Waals surface area (Å²) in [4.78, 5) is 2.54. The van der Waals surface area contributed by atoms with Crippen LogP contribution < -0.4 is 15.5 Å². The van der Waals surface area contributed by atoms with Crippen LogP contribution in [0.3, 0.4) is 0 Å². The Bertz CT molecular complexity index is 1490. The van der Waals surface area contributed by atoms with Crippen molar-refractivity contribution in [2.75, 3.05) is 4.90 Å². The van der Waals surface area contributed by atoms with Crippen LogP contribution in [0.15, 0.2) is 103 Å². The van der Waals surface area contributed by atoms with Gasteiger partial charge < -0.3 is 4.90 Å². The molecule has 0 heterocycles. The smallest absolute Gasteiger partial charge is 0.0462 e. The van der Waals surface area contributed by atoms with Gasteiger partial charge in [-0.05, 0) is 132 Å². The summed E-state index contributed by atoms with van der Waals surface area (Å²) in [5.41, 5.74) is 10.1. The van der Waals surface area contributed by atoms with Crippen LogP contribution >= 0.6 is 15.8 Å². The van der Waals surface area contributed by atoms with E-state index in [1.807, 2.05) is 0 Å². The molecular weight excluding hydrogens is 652 g/mol. The highest BCUT2D eigenvalue weighted by molar-refractivity contribution is 7.67. The van der Waals surface area contributed by atoms with E-state index in [4.69, 9.17) is 0 Å². The summed E-state index contributed by atoms with van der Waals surface area (Å²) in [6.45, 7) is 0. The van der Waals surface area contributed by atoms with Crippen LogP contribution in [-0.2, 0) is 0 Å². The average molecular weight is 714 g/mol. The third kappa shape index (κ3) is 8.53. The quantitative estimate of drug-likeness (QED) is 0.148. The van der Waals surface area contributed by atoms with Crippen molar-refractivity contribution in [1.29, 1.82) is 0 Å². The number of nitrogens with zero attached hydrogens (tertiary/aromatic N) is 1. The third-order valence-electron chi connectivity index (χ3n) is 12.9. The van der Waals surface area contributed by atoms with Crippen molar-refractivity contribution < 1.29 is 0 Å². The molecule has 0 aliphatic heterocycles. The van der Waals surface area contributed by atoms with Gasteiger partial charge in [-0.2, -0.15) is 0 Å². The number of hydrogen-bond donors (Lipinski definition) is 0. The molecule has 0 saturated heterocycles. The van der Waals surface area contributed by atoms with E-state index in [0.29, 0.717) is 0 Å². The Morgan fingerprint density at radius 2 is 0.608 bits per heavy atom. The summed E-state index contributed by atoms with van der Waals surface area (Å²) >= 11 is 0. The van der Waals surface area contributed by atoms with Gasteiger partial charge in [-0.25, -0.2) is 0 Å². The van der Waals surface area contributed by atoms with Crippen LogP contribution in [0.2, 0.25) is 0 Å². The molecule has 4 aromatic rings. The van der Waals surface area contributed by atoms with E-state index >= 15 is 0 Å². The molecule has 4 aromatic carbocycles. The normalized spacial score (nSPS) is 20.2. The highest BCUT2D eigenvalue weighted by atomic mass is 31.1. The molecule has 51 heavy (non-hydrogen) atoms. The molecule has 0 spiro atoms. The summed E-state index contributed by atoms with van der Waals surface area (Å²) in [6, 6.07) is 40.3. The highest BCUT2D eigenvalue weighted by Crippen LogP contribution is 2.56. The van der Waals surface area contributed by atoms with Crippen molar-refractivity contribution in [3.05, 3.63) is 103 Å². The Hall–Kier alpha value is -2.46. The number of anilines is 3. The van der Waals surface area contributed by atoms with Gasteiger partial charge in [-0.3, -0.25) is 0 Å². The lowest BCUT2D eigenvalue weighted by Crippen LogP contribution is -2.26. The Labute approximate surface area is 312 Å². The molecule has 0 aromatic heterocycles. The lowest BCUT2D eigenvalue weighted by atomic mass is 9.99. The number of rotatable bonds is 10. The maximum Gasteiger partial charge on any atom is 0.0462 e. The maximum atomic E-state index is 2.56. The molecule has 3 heteroatoms. The molecule has 4 fully saturated rings. The molecule has 4 aliphatic rings. The third-order valence-corrected chi connectivity index (χ3v) is 19.9. The van der Waals surface area contributed by atoms with Gasteiger partial charge in [0, 0.05) is 17.1 Å². The largest absolute Gasteiger partial charge is 0.311 e. The van der Waals surface area contributed by atoms with Crippen LogP contribution in [0.25, 0.3) is 11.1 Å². The van der Waals surface area contributed by atoms with E-state index in [1.54, 1.807) is 10.6 Å². The Morgan fingerprint density at radius 1 is 0.314 bits per heavy atom. The molecule has 4 saturated carbocycles.